The third-order valence-corrected chi connectivity index (χ3v) is 1.92. The number of hydrogen-bond acceptors (Lipinski definition) is 4. The van der Waals surface area contributed by atoms with Crippen LogP contribution in [0.2, 0.25) is 0 Å². The van der Waals surface area contributed by atoms with Gasteiger partial charge in [-0.15, -0.1) is 0 Å². The van der Waals surface area contributed by atoms with Gasteiger partial charge in [0.25, 0.3) is 0 Å². The number of nitrogens with zero attached hydrogens (tertiary/aromatic N) is 2. The highest BCUT2D eigenvalue weighted by atomic mass is 15.1. The Morgan fingerprint density at radius 3 is 2.60 bits per heavy atom. The lowest BCUT2D eigenvalue weighted by atomic mass is 10.3. The fourth-order valence-electron chi connectivity index (χ4n) is 1.20. The van der Waals surface area contributed by atoms with Crippen molar-refractivity contribution < 1.29 is 0 Å². The van der Waals surface area contributed by atoms with Gasteiger partial charge >= 0.3 is 0 Å². The van der Waals surface area contributed by atoms with Gasteiger partial charge in [-0.1, -0.05) is 6.07 Å². The Hall–Kier alpha value is -2.10. The standard InChI is InChI=1S/C11H12N4/c1-8-6-13-11(14-7-8)15-10-4-2-3-9(12)5-10/h2-7H,12H2,1H3,(H,13,14,15). The monoisotopic (exact) mass is 200 g/mol. The Morgan fingerprint density at radius 1 is 1.20 bits per heavy atom. The van der Waals surface area contributed by atoms with Gasteiger partial charge in [0, 0.05) is 23.8 Å². The first kappa shape index (κ1) is 9.45. The number of hydrogen-bond donors (Lipinski definition) is 2. The summed E-state index contributed by atoms with van der Waals surface area (Å²) in [5.74, 6) is 0.575. The molecule has 0 aliphatic rings. The molecule has 1 aromatic carbocycles. The van der Waals surface area contributed by atoms with Crippen LogP contribution in [0, 0.1) is 6.92 Å². The fraction of sp³-hybridized carbons (Fsp3) is 0.0909. The van der Waals surface area contributed by atoms with Gasteiger partial charge in [-0.05, 0) is 30.7 Å². The molecular formula is C11H12N4. The lowest BCUT2D eigenvalue weighted by Crippen LogP contribution is -1.97. The normalized spacial score (nSPS) is 9.93. The number of aromatic nitrogens is 2. The highest BCUT2D eigenvalue weighted by Crippen LogP contribution is 2.15. The third kappa shape index (κ3) is 2.43. The van der Waals surface area contributed by atoms with Crippen molar-refractivity contribution in [2.24, 2.45) is 0 Å². The lowest BCUT2D eigenvalue weighted by molar-refractivity contribution is 1.13. The summed E-state index contributed by atoms with van der Waals surface area (Å²) in [6.07, 6.45) is 3.53. The maximum atomic E-state index is 5.66. The first-order chi connectivity index (χ1) is 7.24. The molecule has 1 heterocycles. The minimum absolute atomic E-state index is 0.575. The lowest BCUT2D eigenvalue weighted by Gasteiger charge is -2.04. The van der Waals surface area contributed by atoms with Crippen molar-refractivity contribution in [1.82, 2.24) is 9.97 Å². The van der Waals surface area contributed by atoms with Crippen molar-refractivity contribution >= 4 is 17.3 Å². The van der Waals surface area contributed by atoms with E-state index in [1.165, 1.54) is 0 Å². The molecule has 4 nitrogen and oxygen atoms in total. The minimum atomic E-state index is 0.575. The molecule has 0 amide bonds. The number of nitrogens with one attached hydrogen (secondary N) is 1. The molecule has 76 valence electrons. The summed E-state index contributed by atoms with van der Waals surface area (Å²) in [6.45, 7) is 1.95. The van der Waals surface area contributed by atoms with Crippen molar-refractivity contribution in [2.75, 3.05) is 11.1 Å². The Labute approximate surface area is 88.2 Å². The van der Waals surface area contributed by atoms with Crippen LogP contribution in [0.5, 0.6) is 0 Å². The summed E-state index contributed by atoms with van der Waals surface area (Å²) >= 11 is 0. The van der Waals surface area contributed by atoms with Gasteiger partial charge in [-0.3, -0.25) is 0 Å². The van der Waals surface area contributed by atoms with Gasteiger partial charge in [0.2, 0.25) is 5.95 Å². The minimum Gasteiger partial charge on any atom is -0.399 e. The molecule has 0 unspecified atom stereocenters. The average molecular weight is 200 g/mol. The van der Waals surface area contributed by atoms with Crippen LogP contribution in [0.25, 0.3) is 0 Å². The van der Waals surface area contributed by atoms with E-state index in [-0.39, 0.29) is 0 Å². The van der Waals surface area contributed by atoms with Crippen LogP contribution in [0.15, 0.2) is 36.7 Å². The SMILES string of the molecule is Cc1cnc(Nc2cccc(N)c2)nc1. The molecule has 0 radical (unpaired) electrons. The van der Waals surface area contributed by atoms with Gasteiger partial charge in [0.15, 0.2) is 0 Å². The van der Waals surface area contributed by atoms with Crippen LogP contribution in [-0.4, -0.2) is 9.97 Å². The summed E-state index contributed by atoms with van der Waals surface area (Å²) in [5, 5.41) is 3.07. The van der Waals surface area contributed by atoms with Crippen molar-refractivity contribution in [1.29, 1.82) is 0 Å². The summed E-state index contributed by atoms with van der Waals surface area (Å²) < 4.78 is 0. The van der Waals surface area contributed by atoms with Crippen LogP contribution in [0.1, 0.15) is 5.56 Å². The number of nitrogens with two attached hydrogens (primary N) is 1. The van der Waals surface area contributed by atoms with Crippen molar-refractivity contribution in [3.05, 3.63) is 42.2 Å². The number of nitrogen functional groups attached to an aromatic ring is 1. The number of rotatable bonds is 2. The molecule has 4 heteroatoms. The maximum absolute atomic E-state index is 5.66. The van der Waals surface area contributed by atoms with Crippen molar-refractivity contribution in [2.45, 2.75) is 6.92 Å². The first-order valence-electron chi connectivity index (χ1n) is 4.65. The van der Waals surface area contributed by atoms with Gasteiger partial charge in [0.1, 0.15) is 0 Å². The van der Waals surface area contributed by atoms with Gasteiger partial charge < -0.3 is 11.1 Å². The second-order valence-corrected chi connectivity index (χ2v) is 3.33. The van der Waals surface area contributed by atoms with E-state index in [0.29, 0.717) is 11.6 Å². The maximum Gasteiger partial charge on any atom is 0.227 e. The number of anilines is 3. The predicted octanol–water partition coefficient (Wildman–Crippen LogP) is 2.11. The second kappa shape index (κ2) is 3.96. The zero-order valence-corrected chi connectivity index (χ0v) is 8.44. The van der Waals surface area contributed by atoms with E-state index in [9.17, 15) is 0 Å². The van der Waals surface area contributed by atoms with Crippen molar-refractivity contribution in [3.63, 3.8) is 0 Å². The average Bonchev–Trinajstić information content (AvgIpc) is 2.22. The predicted molar refractivity (Wildman–Crippen MR) is 60.9 cm³/mol. The highest BCUT2D eigenvalue weighted by molar-refractivity contribution is 5.59. The molecule has 0 fully saturated rings. The molecule has 0 bridgehead atoms. The second-order valence-electron chi connectivity index (χ2n) is 3.33. The van der Waals surface area contributed by atoms with E-state index in [0.717, 1.165) is 11.3 Å². The molecule has 0 saturated carbocycles. The topological polar surface area (TPSA) is 63.8 Å². The number of benzene rings is 1. The van der Waals surface area contributed by atoms with Crippen LogP contribution in [0.3, 0.4) is 0 Å². The summed E-state index contributed by atoms with van der Waals surface area (Å²) in [7, 11) is 0. The first-order valence-corrected chi connectivity index (χ1v) is 4.65. The molecule has 0 aliphatic carbocycles. The van der Waals surface area contributed by atoms with Crippen molar-refractivity contribution in [3.8, 4) is 0 Å². The molecule has 0 spiro atoms. The zero-order valence-electron chi connectivity index (χ0n) is 8.44. The zero-order chi connectivity index (χ0) is 10.7. The molecular weight excluding hydrogens is 188 g/mol. The molecule has 2 aromatic rings. The van der Waals surface area contributed by atoms with E-state index in [1.807, 2.05) is 31.2 Å². The molecule has 2 rings (SSSR count). The summed E-state index contributed by atoms with van der Waals surface area (Å²) in [6, 6.07) is 7.47. The molecule has 0 saturated heterocycles. The molecule has 3 N–H and O–H groups in total. The van der Waals surface area contributed by atoms with Gasteiger partial charge in [-0.25, -0.2) is 9.97 Å². The molecule has 1 aromatic heterocycles. The van der Waals surface area contributed by atoms with Gasteiger partial charge in [0.05, 0.1) is 0 Å². The smallest absolute Gasteiger partial charge is 0.227 e. The van der Waals surface area contributed by atoms with Gasteiger partial charge in [-0.2, -0.15) is 0 Å². The highest BCUT2D eigenvalue weighted by Gasteiger charge is 1.96. The van der Waals surface area contributed by atoms with Crippen LogP contribution in [-0.2, 0) is 0 Å². The Kier molecular flexibility index (Phi) is 2.49. The molecule has 15 heavy (non-hydrogen) atoms. The van der Waals surface area contributed by atoms with Crippen LogP contribution < -0.4 is 11.1 Å². The quantitative estimate of drug-likeness (QED) is 0.729. The van der Waals surface area contributed by atoms with Crippen LogP contribution >= 0.6 is 0 Å². The van der Waals surface area contributed by atoms with E-state index in [2.05, 4.69) is 15.3 Å². The fourth-order valence-corrected chi connectivity index (χ4v) is 1.20. The number of aryl methyl sites for hydroxylation is 1. The third-order valence-electron chi connectivity index (χ3n) is 1.92. The van der Waals surface area contributed by atoms with E-state index in [4.69, 9.17) is 5.73 Å². The Bertz CT molecular complexity index is 450. The molecule has 0 aliphatic heterocycles. The van der Waals surface area contributed by atoms with Crippen LogP contribution in [0.4, 0.5) is 17.3 Å². The van der Waals surface area contributed by atoms with E-state index < -0.39 is 0 Å². The summed E-state index contributed by atoms with van der Waals surface area (Å²) in [4.78, 5) is 8.28. The Balaban J connectivity index is 2.18. The van der Waals surface area contributed by atoms with E-state index in [1.54, 1.807) is 12.4 Å². The Morgan fingerprint density at radius 2 is 1.93 bits per heavy atom. The summed E-state index contributed by atoms with van der Waals surface area (Å²) in [5.41, 5.74) is 8.29. The van der Waals surface area contributed by atoms with E-state index >= 15 is 0 Å². The molecule has 0 atom stereocenters. The largest absolute Gasteiger partial charge is 0.399 e.